The highest BCUT2D eigenvalue weighted by Crippen LogP contribution is 2.23. The number of hydrogen-bond acceptors (Lipinski definition) is 2. The topological polar surface area (TPSA) is 34.9 Å². The van der Waals surface area contributed by atoms with E-state index >= 15 is 0 Å². The van der Waals surface area contributed by atoms with E-state index < -0.39 is 0 Å². The number of hydrogen-bond donors (Lipinski definition) is 0. The Morgan fingerprint density at radius 3 is 2.76 bits per heavy atom. The summed E-state index contributed by atoms with van der Waals surface area (Å²) in [6.07, 6.45) is 8.78. The second-order valence-electron chi connectivity index (χ2n) is 5.43. The summed E-state index contributed by atoms with van der Waals surface area (Å²) >= 11 is 0. The molecule has 3 heteroatoms. The van der Waals surface area contributed by atoms with E-state index in [2.05, 4.69) is 6.92 Å². The van der Waals surface area contributed by atoms with Gasteiger partial charge in [0.1, 0.15) is 5.82 Å². The first-order valence-corrected chi connectivity index (χ1v) is 6.90. The fraction of sp³-hybridized carbons (Fsp3) is 0.714. The molecule has 0 bridgehead atoms. The zero-order valence-electron chi connectivity index (χ0n) is 10.5. The molecular weight excluding hydrogens is 212 g/mol. The Morgan fingerprint density at radius 2 is 1.88 bits per heavy atom. The van der Waals surface area contributed by atoms with Gasteiger partial charge in [-0.05, 0) is 45.4 Å². The van der Waals surface area contributed by atoms with Crippen molar-refractivity contribution in [3.05, 3.63) is 27.4 Å². The summed E-state index contributed by atoms with van der Waals surface area (Å²) in [5, 5.41) is 0. The lowest BCUT2D eigenvalue weighted by atomic mass is 9.97. The van der Waals surface area contributed by atoms with E-state index in [1.54, 1.807) is 0 Å². The summed E-state index contributed by atoms with van der Waals surface area (Å²) in [4.78, 5) is 17.3. The molecule has 1 aliphatic heterocycles. The van der Waals surface area contributed by atoms with E-state index in [1.807, 2.05) is 4.57 Å². The van der Waals surface area contributed by atoms with E-state index in [4.69, 9.17) is 4.98 Å². The molecule has 92 valence electrons. The smallest absolute Gasteiger partial charge is 0.257 e. The molecule has 1 aliphatic carbocycles. The second-order valence-corrected chi connectivity index (χ2v) is 5.43. The first-order chi connectivity index (χ1) is 8.27. The van der Waals surface area contributed by atoms with Gasteiger partial charge in [0.2, 0.25) is 0 Å². The van der Waals surface area contributed by atoms with E-state index in [-0.39, 0.29) is 5.56 Å². The minimum Gasteiger partial charge on any atom is -0.294 e. The van der Waals surface area contributed by atoms with Crippen LogP contribution in [0.3, 0.4) is 0 Å². The fourth-order valence-corrected chi connectivity index (χ4v) is 3.20. The summed E-state index contributed by atoms with van der Waals surface area (Å²) in [5.74, 6) is 1.04. The molecule has 17 heavy (non-hydrogen) atoms. The Morgan fingerprint density at radius 1 is 1.12 bits per heavy atom. The zero-order valence-corrected chi connectivity index (χ0v) is 10.5. The first-order valence-electron chi connectivity index (χ1n) is 6.90. The first kappa shape index (κ1) is 11.0. The number of aryl methyl sites for hydroxylation is 2. The highest BCUT2D eigenvalue weighted by Gasteiger charge is 2.22. The molecule has 0 amide bonds. The second kappa shape index (κ2) is 4.28. The summed E-state index contributed by atoms with van der Waals surface area (Å²) in [7, 11) is 0. The molecule has 2 aliphatic rings. The Labute approximate surface area is 102 Å². The van der Waals surface area contributed by atoms with Gasteiger partial charge >= 0.3 is 0 Å². The molecule has 0 saturated heterocycles. The number of fused-ring (bicyclic) bond motifs is 2. The van der Waals surface area contributed by atoms with Gasteiger partial charge in [-0.15, -0.1) is 0 Å². The molecule has 1 aromatic rings. The van der Waals surface area contributed by atoms with Crippen molar-refractivity contribution in [3.63, 3.8) is 0 Å². The Hall–Kier alpha value is -1.12. The molecule has 1 atom stereocenters. The number of rotatable bonds is 0. The van der Waals surface area contributed by atoms with Gasteiger partial charge in [-0.1, -0.05) is 6.42 Å². The lowest BCUT2D eigenvalue weighted by Gasteiger charge is -2.21. The molecule has 1 aromatic heterocycles. The van der Waals surface area contributed by atoms with Crippen molar-refractivity contribution in [1.82, 2.24) is 9.55 Å². The van der Waals surface area contributed by atoms with Gasteiger partial charge in [0.25, 0.3) is 5.56 Å². The van der Waals surface area contributed by atoms with Crippen LogP contribution < -0.4 is 5.56 Å². The Bertz CT molecular complexity index is 490. The maximum absolute atomic E-state index is 12.5. The van der Waals surface area contributed by atoms with Crippen molar-refractivity contribution in [3.8, 4) is 0 Å². The van der Waals surface area contributed by atoms with Crippen molar-refractivity contribution in [2.24, 2.45) is 0 Å². The number of nitrogens with zero attached hydrogens (tertiary/aromatic N) is 2. The van der Waals surface area contributed by atoms with Crippen LogP contribution in [0.4, 0.5) is 0 Å². The molecule has 0 fully saturated rings. The molecule has 0 N–H and O–H groups in total. The van der Waals surface area contributed by atoms with E-state index in [0.717, 1.165) is 49.2 Å². The molecule has 0 radical (unpaired) electrons. The minimum absolute atomic E-state index is 0.263. The van der Waals surface area contributed by atoms with Crippen LogP contribution in [0.5, 0.6) is 0 Å². The van der Waals surface area contributed by atoms with Crippen molar-refractivity contribution in [2.45, 2.75) is 64.3 Å². The standard InChI is InChI=1S/C14H20N2O/c1-10-6-2-5-9-13-15-12-8-4-3-7-11(12)14(17)16(10)13/h10H,2-9H2,1H3/t10-/m1/s1. The predicted octanol–water partition coefficient (Wildman–Crippen LogP) is 2.41. The molecule has 3 nitrogen and oxygen atoms in total. The van der Waals surface area contributed by atoms with Crippen molar-refractivity contribution < 1.29 is 0 Å². The van der Waals surface area contributed by atoms with Crippen LogP contribution in [0.1, 0.15) is 62.2 Å². The fourth-order valence-electron chi connectivity index (χ4n) is 3.20. The molecular formula is C14H20N2O. The van der Waals surface area contributed by atoms with Crippen LogP contribution in [0.15, 0.2) is 4.79 Å². The number of aromatic nitrogens is 2. The Balaban J connectivity index is 2.19. The molecule has 0 saturated carbocycles. The summed E-state index contributed by atoms with van der Waals surface area (Å²) in [5.41, 5.74) is 2.37. The summed E-state index contributed by atoms with van der Waals surface area (Å²) in [6.45, 7) is 2.16. The Kier molecular flexibility index (Phi) is 2.77. The van der Waals surface area contributed by atoms with Gasteiger partial charge < -0.3 is 0 Å². The normalized spacial score (nSPS) is 23.7. The van der Waals surface area contributed by atoms with Crippen LogP contribution >= 0.6 is 0 Å². The minimum atomic E-state index is 0.263. The van der Waals surface area contributed by atoms with Crippen LogP contribution in [-0.2, 0) is 19.3 Å². The highest BCUT2D eigenvalue weighted by molar-refractivity contribution is 5.22. The monoisotopic (exact) mass is 232 g/mol. The average molecular weight is 232 g/mol. The van der Waals surface area contributed by atoms with Gasteiger partial charge in [-0.3, -0.25) is 9.36 Å². The molecule has 0 spiro atoms. The summed E-state index contributed by atoms with van der Waals surface area (Å²) < 4.78 is 1.98. The molecule has 0 unspecified atom stereocenters. The van der Waals surface area contributed by atoms with Gasteiger partial charge in [0.05, 0.1) is 5.69 Å². The third-order valence-corrected chi connectivity index (χ3v) is 4.17. The lowest BCUT2D eigenvalue weighted by Crippen LogP contribution is -2.32. The molecule has 0 aromatic carbocycles. The van der Waals surface area contributed by atoms with Gasteiger partial charge in [-0.25, -0.2) is 4.98 Å². The van der Waals surface area contributed by atoms with Gasteiger partial charge in [-0.2, -0.15) is 0 Å². The maximum atomic E-state index is 12.5. The SMILES string of the molecule is C[C@@H]1CCCCc2nc3c(c(=O)n21)CCCC3. The molecule has 2 heterocycles. The molecule has 3 rings (SSSR count). The third-order valence-electron chi connectivity index (χ3n) is 4.17. The van der Waals surface area contributed by atoms with Gasteiger partial charge in [0, 0.05) is 18.0 Å². The van der Waals surface area contributed by atoms with Crippen LogP contribution in [0, 0.1) is 0 Å². The van der Waals surface area contributed by atoms with E-state index in [9.17, 15) is 4.79 Å². The predicted molar refractivity (Wildman–Crippen MR) is 67.4 cm³/mol. The average Bonchev–Trinajstić information content (AvgIpc) is 2.52. The van der Waals surface area contributed by atoms with Crippen LogP contribution in [0.2, 0.25) is 0 Å². The largest absolute Gasteiger partial charge is 0.294 e. The third kappa shape index (κ3) is 1.81. The quantitative estimate of drug-likeness (QED) is 0.688. The van der Waals surface area contributed by atoms with Gasteiger partial charge in [0.15, 0.2) is 0 Å². The van der Waals surface area contributed by atoms with Crippen molar-refractivity contribution >= 4 is 0 Å². The zero-order chi connectivity index (χ0) is 11.8. The maximum Gasteiger partial charge on any atom is 0.257 e. The van der Waals surface area contributed by atoms with Crippen LogP contribution in [0.25, 0.3) is 0 Å². The van der Waals surface area contributed by atoms with E-state index in [0.29, 0.717) is 6.04 Å². The van der Waals surface area contributed by atoms with E-state index in [1.165, 1.54) is 19.3 Å². The summed E-state index contributed by atoms with van der Waals surface area (Å²) in [6, 6.07) is 0.333. The highest BCUT2D eigenvalue weighted by atomic mass is 16.1. The lowest BCUT2D eigenvalue weighted by molar-refractivity contribution is 0.473. The van der Waals surface area contributed by atoms with Crippen molar-refractivity contribution in [2.75, 3.05) is 0 Å². The van der Waals surface area contributed by atoms with Crippen LogP contribution in [-0.4, -0.2) is 9.55 Å². The van der Waals surface area contributed by atoms with Crippen molar-refractivity contribution in [1.29, 1.82) is 0 Å².